The highest BCUT2D eigenvalue weighted by Crippen LogP contribution is 2.23. The fraction of sp³-hybridized carbons (Fsp3) is 0.0500. The molecule has 0 atom stereocenters. The maximum atomic E-state index is 13.9. The summed E-state index contributed by atoms with van der Waals surface area (Å²) in [5.74, 6) is -1.00. The third-order valence-corrected chi connectivity index (χ3v) is 4.11. The second-order valence-electron chi connectivity index (χ2n) is 5.49. The molecule has 0 aromatic heterocycles. The number of anilines is 1. The number of carbonyl (C=O) groups is 1. The average Bonchev–Trinajstić information content (AvgIpc) is 2.64. The average molecular weight is 418 g/mol. The highest BCUT2D eigenvalue weighted by Gasteiger charge is 2.14. The van der Waals surface area contributed by atoms with Crippen LogP contribution in [-0.2, 0) is 6.61 Å². The first kappa shape index (κ1) is 18.1. The highest BCUT2D eigenvalue weighted by molar-refractivity contribution is 9.10. The Morgan fingerprint density at radius 2 is 1.73 bits per heavy atom. The van der Waals surface area contributed by atoms with E-state index in [0.29, 0.717) is 10.2 Å². The number of ether oxygens (including phenoxy) is 1. The molecule has 0 saturated heterocycles. The van der Waals surface area contributed by atoms with E-state index in [1.165, 1.54) is 24.3 Å². The first-order valence-corrected chi connectivity index (χ1v) is 8.55. The lowest BCUT2D eigenvalue weighted by Crippen LogP contribution is -2.14. The van der Waals surface area contributed by atoms with Crippen LogP contribution in [0.2, 0.25) is 0 Å². The van der Waals surface area contributed by atoms with Crippen LogP contribution in [0.3, 0.4) is 0 Å². The maximum Gasteiger partial charge on any atom is 0.259 e. The Labute approximate surface area is 157 Å². The number of rotatable bonds is 5. The summed E-state index contributed by atoms with van der Waals surface area (Å²) >= 11 is 3.17. The summed E-state index contributed by atoms with van der Waals surface area (Å²) in [7, 11) is 0. The van der Waals surface area contributed by atoms with Crippen molar-refractivity contribution in [1.82, 2.24) is 0 Å². The molecule has 0 aliphatic rings. The van der Waals surface area contributed by atoms with E-state index >= 15 is 0 Å². The summed E-state index contributed by atoms with van der Waals surface area (Å²) in [6, 6.07) is 16.9. The van der Waals surface area contributed by atoms with Gasteiger partial charge in [0, 0.05) is 4.47 Å². The van der Waals surface area contributed by atoms with E-state index in [2.05, 4.69) is 21.2 Å². The summed E-state index contributed by atoms with van der Waals surface area (Å²) in [4.78, 5) is 12.5. The van der Waals surface area contributed by atoms with Crippen LogP contribution in [0, 0.1) is 11.6 Å². The first-order valence-electron chi connectivity index (χ1n) is 7.75. The van der Waals surface area contributed by atoms with Crippen molar-refractivity contribution in [3.05, 3.63) is 94.0 Å². The first-order chi connectivity index (χ1) is 12.5. The molecule has 0 aliphatic carbocycles. The van der Waals surface area contributed by atoms with Gasteiger partial charge in [-0.25, -0.2) is 8.78 Å². The van der Waals surface area contributed by atoms with Crippen LogP contribution in [-0.4, -0.2) is 5.91 Å². The molecule has 0 bridgehead atoms. The van der Waals surface area contributed by atoms with Gasteiger partial charge in [-0.3, -0.25) is 4.79 Å². The minimum atomic E-state index is -0.544. The number of hydrogen-bond donors (Lipinski definition) is 1. The summed E-state index contributed by atoms with van der Waals surface area (Å²) in [6.07, 6.45) is 0. The van der Waals surface area contributed by atoms with Crippen molar-refractivity contribution in [3.63, 3.8) is 0 Å². The Bertz CT molecular complexity index is 929. The Kier molecular flexibility index (Phi) is 5.63. The smallest absolute Gasteiger partial charge is 0.259 e. The van der Waals surface area contributed by atoms with Crippen molar-refractivity contribution >= 4 is 27.5 Å². The third-order valence-electron chi connectivity index (χ3n) is 3.62. The zero-order chi connectivity index (χ0) is 18.5. The minimum absolute atomic E-state index is 0.0755. The van der Waals surface area contributed by atoms with Crippen LogP contribution < -0.4 is 10.1 Å². The minimum Gasteiger partial charge on any atom is -0.488 e. The van der Waals surface area contributed by atoms with E-state index < -0.39 is 11.7 Å². The molecule has 1 N–H and O–H groups in total. The Balaban J connectivity index is 1.75. The quantitative estimate of drug-likeness (QED) is 0.590. The SMILES string of the molecule is O=C(Nc1ccc(Br)cc1F)c1ccccc1OCc1ccc(F)cc1. The van der Waals surface area contributed by atoms with Gasteiger partial charge in [-0.1, -0.05) is 40.2 Å². The molecular weight excluding hydrogens is 404 g/mol. The van der Waals surface area contributed by atoms with E-state index in [4.69, 9.17) is 4.74 Å². The largest absolute Gasteiger partial charge is 0.488 e. The van der Waals surface area contributed by atoms with E-state index in [1.807, 2.05) is 0 Å². The third kappa shape index (κ3) is 4.46. The molecule has 1 amide bonds. The molecule has 132 valence electrons. The second-order valence-corrected chi connectivity index (χ2v) is 6.41. The van der Waals surface area contributed by atoms with Gasteiger partial charge in [0.1, 0.15) is 24.0 Å². The molecule has 0 radical (unpaired) electrons. The van der Waals surface area contributed by atoms with Crippen LogP contribution in [0.4, 0.5) is 14.5 Å². The topological polar surface area (TPSA) is 38.3 Å². The number of carbonyl (C=O) groups excluding carboxylic acids is 1. The van der Waals surface area contributed by atoms with Gasteiger partial charge < -0.3 is 10.1 Å². The van der Waals surface area contributed by atoms with Crippen LogP contribution in [0.1, 0.15) is 15.9 Å². The number of para-hydroxylation sites is 1. The van der Waals surface area contributed by atoms with Gasteiger partial charge in [-0.15, -0.1) is 0 Å². The molecule has 0 unspecified atom stereocenters. The van der Waals surface area contributed by atoms with E-state index in [1.54, 1.807) is 42.5 Å². The van der Waals surface area contributed by atoms with Gasteiger partial charge >= 0.3 is 0 Å². The zero-order valence-corrected chi connectivity index (χ0v) is 15.1. The summed E-state index contributed by atoms with van der Waals surface area (Å²) in [5.41, 5.74) is 1.11. The van der Waals surface area contributed by atoms with Crippen LogP contribution in [0.25, 0.3) is 0 Å². The molecule has 0 heterocycles. The molecule has 3 aromatic rings. The van der Waals surface area contributed by atoms with Gasteiger partial charge in [0.05, 0.1) is 11.3 Å². The predicted octanol–water partition coefficient (Wildman–Crippen LogP) is 5.56. The van der Waals surface area contributed by atoms with Crippen LogP contribution in [0.15, 0.2) is 71.2 Å². The molecule has 0 fully saturated rings. The molecule has 6 heteroatoms. The van der Waals surface area contributed by atoms with Crippen molar-refractivity contribution < 1.29 is 18.3 Å². The normalized spacial score (nSPS) is 10.4. The van der Waals surface area contributed by atoms with Gasteiger partial charge in [-0.05, 0) is 48.0 Å². The lowest BCUT2D eigenvalue weighted by Gasteiger charge is -2.12. The Hall–Kier alpha value is -2.73. The lowest BCUT2D eigenvalue weighted by molar-refractivity contribution is 0.102. The number of benzene rings is 3. The van der Waals surface area contributed by atoms with Crippen LogP contribution in [0.5, 0.6) is 5.75 Å². The number of nitrogens with one attached hydrogen (secondary N) is 1. The monoisotopic (exact) mass is 417 g/mol. The molecule has 0 spiro atoms. The molecule has 3 aromatic carbocycles. The van der Waals surface area contributed by atoms with Crippen LogP contribution >= 0.6 is 15.9 Å². The fourth-order valence-corrected chi connectivity index (χ4v) is 2.64. The number of halogens is 3. The van der Waals surface area contributed by atoms with Gasteiger partial charge in [0.15, 0.2) is 0 Å². The molecule has 3 nitrogen and oxygen atoms in total. The van der Waals surface area contributed by atoms with Gasteiger partial charge in [-0.2, -0.15) is 0 Å². The van der Waals surface area contributed by atoms with Crippen molar-refractivity contribution in [2.24, 2.45) is 0 Å². The maximum absolute atomic E-state index is 13.9. The molecular formula is C20H14BrF2NO2. The van der Waals surface area contributed by atoms with Crippen molar-refractivity contribution in [1.29, 1.82) is 0 Å². The summed E-state index contributed by atoms with van der Waals surface area (Å²) in [6.45, 7) is 0.178. The van der Waals surface area contributed by atoms with Gasteiger partial charge in [0.25, 0.3) is 5.91 Å². The highest BCUT2D eigenvalue weighted by atomic mass is 79.9. The van der Waals surface area contributed by atoms with E-state index in [9.17, 15) is 13.6 Å². The Morgan fingerprint density at radius 3 is 2.46 bits per heavy atom. The zero-order valence-electron chi connectivity index (χ0n) is 13.5. The predicted molar refractivity (Wildman–Crippen MR) is 99.2 cm³/mol. The summed E-state index contributed by atoms with van der Waals surface area (Å²) in [5, 5.41) is 2.54. The molecule has 0 aliphatic heterocycles. The van der Waals surface area contributed by atoms with Crippen molar-refractivity contribution in [3.8, 4) is 5.75 Å². The molecule has 26 heavy (non-hydrogen) atoms. The second kappa shape index (κ2) is 8.10. The standard InChI is InChI=1S/C20H14BrF2NO2/c21-14-7-10-18(17(23)11-14)24-20(25)16-3-1-2-4-19(16)26-12-13-5-8-15(22)9-6-13/h1-11H,12H2,(H,24,25). The van der Waals surface area contributed by atoms with E-state index in [-0.39, 0.29) is 23.7 Å². The van der Waals surface area contributed by atoms with Gasteiger partial charge in [0.2, 0.25) is 0 Å². The summed E-state index contributed by atoms with van der Waals surface area (Å²) < 4.78 is 33.1. The number of amides is 1. The van der Waals surface area contributed by atoms with Crippen molar-refractivity contribution in [2.75, 3.05) is 5.32 Å². The Morgan fingerprint density at radius 1 is 1.00 bits per heavy atom. The number of hydrogen-bond acceptors (Lipinski definition) is 2. The molecule has 3 rings (SSSR count). The lowest BCUT2D eigenvalue weighted by atomic mass is 10.1. The molecule has 0 saturated carbocycles. The van der Waals surface area contributed by atoms with Crippen molar-refractivity contribution in [2.45, 2.75) is 6.61 Å². The fourth-order valence-electron chi connectivity index (χ4n) is 2.30. The van der Waals surface area contributed by atoms with E-state index in [0.717, 1.165) is 5.56 Å².